The minimum absolute atomic E-state index is 0.0000596. The first kappa shape index (κ1) is 37.0. The Kier molecular flexibility index (Phi) is 12.6. The zero-order valence-corrected chi connectivity index (χ0v) is 29.3. The molecule has 2 aromatic carbocycles. The van der Waals surface area contributed by atoms with E-state index >= 15 is 0 Å². The van der Waals surface area contributed by atoms with Crippen LogP contribution in [0.15, 0.2) is 54.9 Å². The zero-order valence-electron chi connectivity index (χ0n) is 27.0. The van der Waals surface area contributed by atoms with Crippen molar-refractivity contribution in [3.05, 3.63) is 81.6 Å². The fraction of sp³-hybridized carbons (Fsp3) is 0.455. The van der Waals surface area contributed by atoms with Crippen LogP contribution in [-0.2, 0) is 25.9 Å². The molecule has 49 heavy (non-hydrogen) atoms. The van der Waals surface area contributed by atoms with E-state index < -0.39 is 34.9 Å². The van der Waals surface area contributed by atoms with Gasteiger partial charge in [-0.2, -0.15) is 8.78 Å². The first-order valence-electron chi connectivity index (χ1n) is 15.7. The number of alkyl halides is 2. The quantitative estimate of drug-likeness (QED) is 0.178. The number of esters is 1. The number of nitrogens with zero attached hydrogens (tertiary/aromatic N) is 3. The van der Waals surface area contributed by atoms with E-state index in [0.717, 1.165) is 25.9 Å². The summed E-state index contributed by atoms with van der Waals surface area (Å²) in [5.41, 5.74) is 1.06. The smallest absolute Gasteiger partial charge is 0.387 e. The number of carbonyl (C=O) groups is 1. The number of halogens is 4. The molecular formula is C33H38Cl2F2N4O7S. The van der Waals surface area contributed by atoms with Gasteiger partial charge in [0.15, 0.2) is 11.5 Å². The third kappa shape index (κ3) is 10.6. The van der Waals surface area contributed by atoms with Crippen molar-refractivity contribution in [2.24, 2.45) is 5.92 Å². The van der Waals surface area contributed by atoms with Crippen LogP contribution in [0.5, 0.6) is 11.5 Å². The van der Waals surface area contributed by atoms with Crippen LogP contribution in [0.25, 0.3) is 0 Å². The molecule has 1 saturated heterocycles. The third-order valence-electron chi connectivity index (χ3n) is 8.27. The second-order valence-electron chi connectivity index (χ2n) is 12.0. The molecule has 1 aliphatic carbocycles. The number of carbonyl (C=O) groups excluding carboxylic acids is 1. The Morgan fingerprint density at radius 3 is 2.41 bits per heavy atom. The molecule has 16 heteroatoms. The van der Waals surface area contributed by atoms with Crippen molar-refractivity contribution in [3.63, 3.8) is 0 Å². The summed E-state index contributed by atoms with van der Waals surface area (Å²) in [7, 11) is -0.413. The van der Waals surface area contributed by atoms with Crippen molar-refractivity contribution < 1.29 is 40.9 Å². The highest BCUT2D eigenvalue weighted by molar-refractivity contribution is 7.92. The molecule has 0 amide bonds. The molecule has 2 atom stereocenters. The Hall–Kier alpha value is -3.27. The number of ether oxygens (including phenoxy) is 4. The molecule has 0 bridgehead atoms. The maximum absolute atomic E-state index is 13.6. The van der Waals surface area contributed by atoms with Gasteiger partial charge in [-0.15, -0.1) is 0 Å². The molecule has 1 saturated carbocycles. The molecule has 0 unspecified atom stereocenters. The van der Waals surface area contributed by atoms with Gasteiger partial charge in [-0.05, 0) is 67.3 Å². The first-order valence-corrected chi connectivity index (χ1v) is 18.1. The molecule has 1 N–H and O–H groups in total. The molecule has 2 fully saturated rings. The predicted molar refractivity (Wildman–Crippen MR) is 181 cm³/mol. The number of anilines is 1. The van der Waals surface area contributed by atoms with E-state index in [1.165, 1.54) is 62.0 Å². The van der Waals surface area contributed by atoms with Gasteiger partial charge >= 0.3 is 12.6 Å². The number of likely N-dealkylation sites (N-methyl/N-ethyl adjacent to an activating group) is 1. The number of benzene rings is 2. The Morgan fingerprint density at radius 2 is 1.76 bits per heavy atom. The molecule has 5 rings (SSSR count). The van der Waals surface area contributed by atoms with E-state index in [9.17, 15) is 22.0 Å². The molecule has 266 valence electrons. The van der Waals surface area contributed by atoms with Gasteiger partial charge in [0.1, 0.15) is 18.1 Å². The molecule has 0 spiro atoms. The number of sulfonamides is 1. The van der Waals surface area contributed by atoms with E-state index in [1.54, 1.807) is 0 Å². The van der Waals surface area contributed by atoms with Gasteiger partial charge in [0.2, 0.25) is 10.0 Å². The number of methoxy groups -OCH3 is 1. The summed E-state index contributed by atoms with van der Waals surface area (Å²) in [6.45, 7) is 0.159. The number of nitrogens with one attached hydrogen (secondary N) is 1. The maximum atomic E-state index is 13.6. The molecule has 1 aromatic heterocycles. The van der Waals surface area contributed by atoms with Crippen molar-refractivity contribution in [1.82, 2.24) is 14.8 Å². The lowest BCUT2D eigenvalue weighted by Crippen LogP contribution is -2.52. The summed E-state index contributed by atoms with van der Waals surface area (Å²) in [5.74, 6) is -0.864. The molecular weight excluding hydrogens is 705 g/mol. The molecule has 2 heterocycles. The highest BCUT2D eigenvalue weighted by atomic mass is 35.5. The van der Waals surface area contributed by atoms with Crippen LogP contribution in [0.1, 0.15) is 40.4 Å². The molecule has 1 aliphatic heterocycles. The Morgan fingerprint density at radius 1 is 1.04 bits per heavy atom. The largest absolute Gasteiger partial charge is 0.489 e. The lowest BCUT2D eigenvalue weighted by molar-refractivity contribution is -0.0515. The van der Waals surface area contributed by atoms with E-state index in [0.29, 0.717) is 36.7 Å². The van der Waals surface area contributed by atoms with Crippen LogP contribution in [-0.4, -0.2) is 94.7 Å². The van der Waals surface area contributed by atoms with Crippen molar-refractivity contribution in [2.75, 3.05) is 57.4 Å². The monoisotopic (exact) mass is 742 g/mol. The standard InChI is InChI=1S/C33H38Cl2F2N4O7S/c1-40-10-12-41(13-11-40)31(45-2)20-49(43,44)39-24-5-3-4-23(14-24)32(42)47-29(16-25-26(34)17-38-18-27(25)35)22-8-9-28(48-33(36)37)30(15-22)46-19-21-6-7-21/h3-5,8-9,14-15,17-18,21,29,31,33,39H,6-7,10-13,16,19-20H2,1-2H3/t29-,31-/m0/s1. The number of hydrogen-bond acceptors (Lipinski definition) is 10. The lowest BCUT2D eigenvalue weighted by Gasteiger charge is -2.36. The summed E-state index contributed by atoms with van der Waals surface area (Å²) >= 11 is 12.8. The average molecular weight is 744 g/mol. The average Bonchev–Trinajstić information content (AvgIpc) is 3.89. The summed E-state index contributed by atoms with van der Waals surface area (Å²) in [6, 6.07) is 10.2. The number of rotatable bonds is 16. The van der Waals surface area contributed by atoms with E-state index in [-0.39, 0.29) is 45.0 Å². The van der Waals surface area contributed by atoms with Gasteiger partial charge in [0, 0.05) is 57.8 Å². The topological polar surface area (TPSA) is 120 Å². The maximum Gasteiger partial charge on any atom is 0.387 e. The Balaban J connectivity index is 1.36. The van der Waals surface area contributed by atoms with Gasteiger partial charge in [-0.3, -0.25) is 14.6 Å². The van der Waals surface area contributed by atoms with Crippen molar-refractivity contribution in [1.29, 1.82) is 0 Å². The van der Waals surface area contributed by atoms with Crippen molar-refractivity contribution in [3.8, 4) is 11.5 Å². The second-order valence-corrected chi connectivity index (χ2v) is 14.6. The number of piperazine rings is 1. The zero-order chi connectivity index (χ0) is 35.1. The molecule has 3 aromatic rings. The number of aromatic nitrogens is 1. The first-order chi connectivity index (χ1) is 23.4. The predicted octanol–water partition coefficient (Wildman–Crippen LogP) is 5.88. The summed E-state index contributed by atoms with van der Waals surface area (Å²) < 4.78 is 77.3. The van der Waals surface area contributed by atoms with E-state index in [1.807, 2.05) is 11.9 Å². The highest BCUT2D eigenvalue weighted by Crippen LogP contribution is 2.38. The summed E-state index contributed by atoms with van der Waals surface area (Å²) in [4.78, 5) is 21.7. The van der Waals surface area contributed by atoms with E-state index in [4.69, 9.17) is 37.4 Å². The van der Waals surface area contributed by atoms with Crippen molar-refractivity contribution >= 4 is 44.9 Å². The van der Waals surface area contributed by atoms with Crippen LogP contribution in [0, 0.1) is 5.92 Å². The number of pyridine rings is 1. The Labute approximate surface area is 294 Å². The third-order valence-corrected chi connectivity index (χ3v) is 10.2. The SMILES string of the molecule is CO[C@@H](CS(=O)(=O)Nc1cccc(C(=O)O[C@@H](Cc2c(Cl)cncc2Cl)c2ccc(OC(F)F)c(OCC3CC3)c2)c1)N1CCN(C)CC1. The minimum Gasteiger partial charge on any atom is -0.489 e. The Bertz CT molecular complexity index is 1690. The normalized spacial score (nSPS) is 17.0. The number of hydrogen-bond donors (Lipinski definition) is 1. The fourth-order valence-electron chi connectivity index (χ4n) is 5.32. The van der Waals surface area contributed by atoms with Gasteiger partial charge in [0.25, 0.3) is 0 Å². The summed E-state index contributed by atoms with van der Waals surface area (Å²) in [5, 5.41) is 0.470. The van der Waals surface area contributed by atoms with Gasteiger partial charge < -0.3 is 23.8 Å². The van der Waals surface area contributed by atoms with Crippen LogP contribution in [0.3, 0.4) is 0 Å². The van der Waals surface area contributed by atoms with Crippen LogP contribution < -0.4 is 14.2 Å². The molecule has 11 nitrogen and oxygen atoms in total. The fourth-order valence-corrected chi connectivity index (χ4v) is 7.13. The minimum atomic E-state index is -3.89. The van der Waals surface area contributed by atoms with Crippen LogP contribution >= 0.6 is 23.2 Å². The van der Waals surface area contributed by atoms with Crippen molar-refractivity contribution in [2.45, 2.75) is 38.2 Å². The van der Waals surface area contributed by atoms with Gasteiger partial charge in [0.05, 0.1) is 22.2 Å². The van der Waals surface area contributed by atoms with Gasteiger partial charge in [-0.1, -0.05) is 35.3 Å². The lowest BCUT2D eigenvalue weighted by atomic mass is 10.0. The van der Waals surface area contributed by atoms with Crippen LogP contribution in [0.4, 0.5) is 14.5 Å². The second kappa shape index (κ2) is 16.6. The van der Waals surface area contributed by atoms with Gasteiger partial charge in [-0.25, -0.2) is 13.2 Å². The molecule has 2 aliphatic rings. The van der Waals surface area contributed by atoms with Crippen LogP contribution in [0.2, 0.25) is 10.0 Å². The van der Waals surface area contributed by atoms with E-state index in [2.05, 4.69) is 19.3 Å². The highest BCUT2D eigenvalue weighted by Gasteiger charge is 2.29. The summed E-state index contributed by atoms with van der Waals surface area (Å²) in [6.07, 6.45) is 3.07. The molecule has 0 radical (unpaired) electrons.